The molecule has 110 valence electrons. The van der Waals surface area contributed by atoms with Crippen molar-refractivity contribution >= 4 is 28.9 Å². The van der Waals surface area contributed by atoms with Crippen molar-refractivity contribution in [2.75, 3.05) is 12.8 Å². The van der Waals surface area contributed by atoms with Gasteiger partial charge in [0.15, 0.2) is 5.13 Å². The number of methoxy groups -OCH3 is 1. The Kier molecular flexibility index (Phi) is 5.80. The zero-order valence-corrected chi connectivity index (χ0v) is 13.5. The molecule has 0 saturated heterocycles. The molecule has 1 aromatic carbocycles. The minimum absolute atomic E-state index is 0. The Morgan fingerprint density at radius 1 is 1.35 bits per heavy atom. The van der Waals surface area contributed by atoms with Crippen molar-refractivity contribution in [3.05, 3.63) is 40.9 Å². The molecule has 0 unspecified atom stereocenters. The first-order valence-corrected chi connectivity index (χ1v) is 6.93. The van der Waals surface area contributed by atoms with Gasteiger partial charge in [0.1, 0.15) is 5.75 Å². The lowest BCUT2D eigenvalue weighted by Gasteiger charge is -2.28. The van der Waals surface area contributed by atoms with Crippen LogP contribution in [-0.2, 0) is 12.1 Å². The lowest BCUT2D eigenvalue weighted by atomic mass is 9.93. The van der Waals surface area contributed by atoms with Crippen molar-refractivity contribution in [1.82, 2.24) is 10.3 Å². The van der Waals surface area contributed by atoms with E-state index in [1.807, 2.05) is 24.4 Å². The van der Waals surface area contributed by atoms with Gasteiger partial charge in [0.05, 0.1) is 7.11 Å². The second-order valence-electron chi connectivity index (χ2n) is 4.84. The first-order chi connectivity index (χ1) is 9.03. The number of nitrogens with zero attached hydrogens (tertiary/aromatic N) is 1. The van der Waals surface area contributed by atoms with Crippen molar-refractivity contribution in [3.63, 3.8) is 0 Å². The molecule has 0 radical (unpaired) electrons. The lowest BCUT2D eigenvalue weighted by Crippen LogP contribution is -2.36. The summed E-state index contributed by atoms with van der Waals surface area (Å²) in [5.74, 6) is 0.892. The molecule has 0 amide bonds. The molecule has 1 heterocycles. The highest BCUT2D eigenvalue weighted by atomic mass is 35.5. The zero-order chi connectivity index (χ0) is 13.9. The fourth-order valence-corrected chi connectivity index (χ4v) is 2.59. The number of hydrogen-bond acceptors (Lipinski definition) is 5. The van der Waals surface area contributed by atoms with E-state index in [4.69, 9.17) is 10.5 Å². The summed E-state index contributed by atoms with van der Waals surface area (Å²) in [6.07, 6.45) is 1.81. The molecule has 1 aromatic heterocycles. The zero-order valence-electron chi connectivity index (χ0n) is 11.8. The number of thiazole rings is 1. The van der Waals surface area contributed by atoms with Gasteiger partial charge in [0.2, 0.25) is 0 Å². The number of nitrogens with one attached hydrogen (secondary N) is 1. The lowest BCUT2D eigenvalue weighted by molar-refractivity contribution is 0.359. The van der Waals surface area contributed by atoms with Gasteiger partial charge in [0.25, 0.3) is 0 Å². The van der Waals surface area contributed by atoms with Crippen LogP contribution in [0.1, 0.15) is 24.3 Å². The quantitative estimate of drug-likeness (QED) is 0.890. The Balaban J connectivity index is 0.00000200. The summed E-state index contributed by atoms with van der Waals surface area (Å²) in [5, 5.41) is 4.12. The molecule has 0 fully saturated rings. The minimum atomic E-state index is -0.189. The third kappa shape index (κ3) is 3.85. The fraction of sp³-hybridized carbons (Fsp3) is 0.357. The van der Waals surface area contributed by atoms with Gasteiger partial charge in [-0.15, -0.1) is 23.7 Å². The highest BCUT2D eigenvalue weighted by Crippen LogP contribution is 2.29. The third-order valence-electron chi connectivity index (χ3n) is 3.06. The molecule has 0 spiro atoms. The summed E-state index contributed by atoms with van der Waals surface area (Å²) in [6.45, 7) is 5.00. The van der Waals surface area contributed by atoms with Gasteiger partial charge in [0, 0.05) is 28.7 Å². The van der Waals surface area contributed by atoms with Crippen LogP contribution in [0.5, 0.6) is 5.75 Å². The normalized spacial score (nSPS) is 10.9. The Bertz CT molecular complexity index is 557. The molecule has 6 heteroatoms. The third-order valence-corrected chi connectivity index (χ3v) is 3.88. The number of rotatable bonds is 5. The number of anilines is 1. The first-order valence-electron chi connectivity index (χ1n) is 6.11. The monoisotopic (exact) mass is 313 g/mol. The van der Waals surface area contributed by atoms with E-state index >= 15 is 0 Å². The molecular formula is C14H20ClN3OS. The predicted octanol–water partition coefficient (Wildman–Crippen LogP) is 3.18. The number of hydrogen-bond donors (Lipinski definition) is 2. The van der Waals surface area contributed by atoms with Crippen LogP contribution in [0.2, 0.25) is 0 Å². The molecular weight excluding hydrogens is 294 g/mol. The predicted molar refractivity (Wildman–Crippen MR) is 86.6 cm³/mol. The van der Waals surface area contributed by atoms with Crippen molar-refractivity contribution in [2.45, 2.75) is 25.9 Å². The molecule has 2 aromatic rings. The van der Waals surface area contributed by atoms with Gasteiger partial charge < -0.3 is 15.8 Å². The Morgan fingerprint density at radius 3 is 2.65 bits per heavy atom. The molecule has 0 atom stereocenters. The van der Waals surface area contributed by atoms with E-state index in [2.05, 4.69) is 30.2 Å². The molecule has 2 rings (SSSR count). The van der Waals surface area contributed by atoms with Crippen LogP contribution < -0.4 is 15.8 Å². The highest BCUT2D eigenvalue weighted by Gasteiger charge is 2.23. The van der Waals surface area contributed by atoms with Gasteiger partial charge in [-0.2, -0.15) is 0 Å². The molecule has 0 saturated carbocycles. The smallest absolute Gasteiger partial charge is 0.180 e. The standard InChI is InChI=1S/C14H19N3OS.ClH/c1-14(2,11-6-4-5-7-12(11)18-3)17-9-10-8-16-13(15)19-10;/h4-8,17H,9H2,1-3H3,(H2,15,16);1H. The maximum atomic E-state index is 5.63. The van der Waals surface area contributed by atoms with Crippen LogP contribution in [0.25, 0.3) is 0 Å². The van der Waals surface area contributed by atoms with Gasteiger partial charge in [-0.25, -0.2) is 4.98 Å². The first kappa shape index (κ1) is 16.8. The van der Waals surface area contributed by atoms with E-state index in [0.717, 1.165) is 22.7 Å². The van der Waals surface area contributed by atoms with E-state index in [1.165, 1.54) is 11.3 Å². The SMILES string of the molecule is COc1ccccc1C(C)(C)NCc1cnc(N)s1.Cl. The van der Waals surface area contributed by atoms with Gasteiger partial charge in [-0.05, 0) is 19.9 Å². The number of benzene rings is 1. The van der Waals surface area contributed by atoms with E-state index in [9.17, 15) is 0 Å². The summed E-state index contributed by atoms with van der Waals surface area (Å²) < 4.78 is 5.42. The maximum Gasteiger partial charge on any atom is 0.180 e. The highest BCUT2D eigenvalue weighted by molar-refractivity contribution is 7.15. The van der Waals surface area contributed by atoms with Crippen molar-refractivity contribution in [2.24, 2.45) is 0 Å². The number of nitrogens with two attached hydrogens (primary N) is 1. The summed E-state index contributed by atoms with van der Waals surface area (Å²) in [4.78, 5) is 5.18. The van der Waals surface area contributed by atoms with E-state index in [-0.39, 0.29) is 17.9 Å². The Hall–Kier alpha value is -1.30. The second-order valence-corrected chi connectivity index (χ2v) is 5.99. The number of nitrogen functional groups attached to an aromatic ring is 1. The largest absolute Gasteiger partial charge is 0.496 e. The van der Waals surface area contributed by atoms with Crippen molar-refractivity contribution < 1.29 is 4.74 Å². The van der Waals surface area contributed by atoms with Crippen LogP contribution in [-0.4, -0.2) is 12.1 Å². The molecule has 20 heavy (non-hydrogen) atoms. The summed E-state index contributed by atoms with van der Waals surface area (Å²) in [6, 6.07) is 8.05. The van der Waals surface area contributed by atoms with Gasteiger partial charge in [-0.1, -0.05) is 18.2 Å². The van der Waals surface area contributed by atoms with Gasteiger partial charge in [-0.3, -0.25) is 0 Å². The van der Waals surface area contributed by atoms with Crippen LogP contribution >= 0.6 is 23.7 Å². The van der Waals surface area contributed by atoms with Crippen LogP contribution in [0.15, 0.2) is 30.5 Å². The van der Waals surface area contributed by atoms with E-state index in [1.54, 1.807) is 7.11 Å². The average molecular weight is 314 g/mol. The fourth-order valence-electron chi connectivity index (χ4n) is 1.97. The average Bonchev–Trinajstić information content (AvgIpc) is 2.82. The molecule has 4 nitrogen and oxygen atoms in total. The topological polar surface area (TPSA) is 60.2 Å². The van der Waals surface area contributed by atoms with Crippen molar-refractivity contribution in [3.8, 4) is 5.75 Å². The molecule has 0 aliphatic rings. The summed E-state index contributed by atoms with van der Waals surface area (Å²) >= 11 is 1.51. The molecule has 0 aliphatic carbocycles. The minimum Gasteiger partial charge on any atom is -0.496 e. The maximum absolute atomic E-state index is 5.63. The Morgan fingerprint density at radius 2 is 2.05 bits per heavy atom. The molecule has 0 bridgehead atoms. The van der Waals surface area contributed by atoms with Crippen LogP contribution in [0.4, 0.5) is 5.13 Å². The Labute approximate surface area is 129 Å². The van der Waals surface area contributed by atoms with E-state index in [0.29, 0.717) is 5.13 Å². The van der Waals surface area contributed by atoms with Crippen molar-refractivity contribution in [1.29, 1.82) is 0 Å². The second kappa shape index (κ2) is 6.92. The number of para-hydroxylation sites is 1. The van der Waals surface area contributed by atoms with E-state index < -0.39 is 0 Å². The van der Waals surface area contributed by atoms with Crippen LogP contribution in [0, 0.1) is 0 Å². The number of aromatic nitrogens is 1. The van der Waals surface area contributed by atoms with Gasteiger partial charge >= 0.3 is 0 Å². The molecule has 3 N–H and O–H groups in total. The molecule has 0 aliphatic heterocycles. The number of halogens is 1. The van der Waals surface area contributed by atoms with Crippen LogP contribution in [0.3, 0.4) is 0 Å². The number of ether oxygens (including phenoxy) is 1. The summed E-state index contributed by atoms with van der Waals surface area (Å²) in [5.41, 5.74) is 6.58. The summed E-state index contributed by atoms with van der Waals surface area (Å²) in [7, 11) is 1.69.